The number of rotatable bonds is 4. The second kappa shape index (κ2) is 5.66. The van der Waals surface area contributed by atoms with E-state index in [2.05, 4.69) is 5.32 Å². The molecule has 0 aliphatic rings. The van der Waals surface area contributed by atoms with E-state index in [0.29, 0.717) is 5.75 Å². The molecule has 2 rings (SSSR count). The van der Waals surface area contributed by atoms with Crippen LogP contribution >= 0.6 is 0 Å². The maximum atomic E-state index is 13.7. The highest BCUT2D eigenvalue weighted by Gasteiger charge is 2.15. The summed E-state index contributed by atoms with van der Waals surface area (Å²) >= 11 is 0. The summed E-state index contributed by atoms with van der Waals surface area (Å²) < 4.78 is 32.3. The average Bonchev–Trinajstić information content (AvgIpc) is 2.44. The zero-order valence-corrected chi connectivity index (χ0v) is 11.0. The Morgan fingerprint density at radius 2 is 1.90 bits per heavy atom. The maximum absolute atomic E-state index is 13.7. The van der Waals surface area contributed by atoms with Crippen molar-refractivity contribution in [3.05, 3.63) is 47.5 Å². The zero-order chi connectivity index (χ0) is 15.6. The number of nitrogen functional groups attached to an aromatic ring is 1. The van der Waals surface area contributed by atoms with Gasteiger partial charge < -0.3 is 20.9 Å². The van der Waals surface area contributed by atoms with E-state index in [9.17, 15) is 13.6 Å². The van der Waals surface area contributed by atoms with Gasteiger partial charge in [0.05, 0.1) is 29.7 Å². The molecule has 110 valence electrons. The van der Waals surface area contributed by atoms with Gasteiger partial charge in [0.2, 0.25) is 0 Å². The van der Waals surface area contributed by atoms with Crippen molar-refractivity contribution in [3.8, 4) is 5.75 Å². The van der Waals surface area contributed by atoms with Crippen LogP contribution in [-0.2, 0) is 0 Å². The predicted octanol–water partition coefficient (Wildman–Crippen LogP) is 3.00. The van der Waals surface area contributed by atoms with E-state index in [1.54, 1.807) is 0 Å². The number of hydrogen-bond acceptors (Lipinski definition) is 4. The van der Waals surface area contributed by atoms with Gasteiger partial charge in [-0.05, 0) is 18.2 Å². The number of carbonyl (C=O) groups is 1. The number of carboxylic acids is 1. The smallest absolute Gasteiger partial charge is 0.338 e. The first kappa shape index (κ1) is 14.6. The highest BCUT2D eigenvalue weighted by atomic mass is 19.1. The molecule has 0 unspecified atom stereocenters. The number of hydrogen-bond donors (Lipinski definition) is 3. The largest absolute Gasteiger partial charge is 0.497 e. The lowest BCUT2D eigenvalue weighted by Crippen LogP contribution is -2.05. The van der Waals surface area contributed by atoms with Crippen LogP contribution in [0.4, 0.5) is 25.8 Å². The second-order valence-electron chi connectivity index (χ2n) is 4.20. The molecule has 21 heavy (non-hydrogen) atoms. The second-order valence-corrected chi connectivity index (χ2v) is 4.20. The van der Waals surface area contributed by atoms with Crippen LogP contribution in [0.25, 0.3) is 0 Å². The maximum Gasteiger partial charge on any atom is 0.338 e. The van der Waals surface area contributed by atoms with E-state index in [1.807, 2.05) is 0 Å². The van der Waals surface area contributed by atoms with E-state index in [-0.39, 0.29) is 17.1 Å². The van der Waals surface area contributed by atoms with Crippen molar-refractivity contribution < 1.29 is 23.4 Å². The van der Waals surface area contributed by atoms with Crippen LogP contribution < -0.4 is 15.8 Å². The van der Waals surface area contributed by atoms with Crippen molar-refractivity contribution in [2.75, 3.05) is 18.2 Å². The Morgan fingerprint density at radius 3 is 2.52 bits per heavy atom. The minimum absolute atomic E-state index is 0.0176. The SMILES string of the molecule is COc1ccc(F)c(Nc2cc(F)c(C(=O)O)cc2N)c1. The third kappa shape index (κ3) is 3.02. The van der Waals surface area contributed by atoms with Gasteiger partial charge >= 0.3 is 5.97 Å². The molecule has 0 bridgehead atoms. The lowest BCUT2D eigenvalue weighted by atomic mass is 10.1. The van der Waals surface area contributed by atoms with Gasteiger partial charge in [0.25, 0.3) is 0 Å². The Balaban J connectivity index is 2.40. The van der Waals surface area contributed by atoms with Crippen molar-refractivity contribution in [3.63, 3.8) is 0 Å². The van der Waals surface area contributed by atoms with Crippen molar-refractivity contribution in [1.29, 1.82) is 0 Å². The molecule has 7 heteroatoms. The summed E-state index contributed by atoms with van der Waals surface area (Å²) in [6.07, 6.45) is 0. The fourth-order valence-electron chi connectivity index (χ4n) is 1.73. The van der Waals surface area contributed by atoms with Gasteiger partial charge in [0.1, 0.15) is 17.4 Å². The average molecular weight is 294 g/mol. The standard InChI is InChI=1S/C14H12F2N2O3/c1-21-7-2-3-9(15)12(4-7)18-13-6-10(16)8(14(19)20)5-11(13)17/h2-6,18H,17H2,1H3,(H,19,20). The van der Waals surface area contributed by atoms with E-state index >= 15 is 0 Å². The summed E-state index contributed by atoms with van der Waals surface area (Å²) in [6.45, 7) is 0. The van der Waals surface area contributed by atoms with Crippen LogP contribution in [0.5, 0.6) is 5.75 Å². The molecule has 0 atom stereocenters. The van der Waals surface area contributed by atoms with E-state index in [1.165, 1.54) is 25.3 Å². The molecule has 0 aliphatic heterocycles. The summed E-state index contributed by atoms with van der Waals surface area (Å²) in [5, 5.41) is 11.4. The van der Waals surface area contributed by atoms with E-state index in [4.69, 9.17) is 15.6 Å². The monoisotopic (exact) mass is 294 g/mol. The molecule has 0 saturated heterocycles. The molecule has 0 aromatic heterocycles. The van der Waals surface area contributed by atoms with Gasteiger partial charge in [-0.15, -0.1) is 0 Å². The number of nitrogens with one attached hydrogen (secondary N) is 1. The van der Waals surface area contributed by atoms with Crippen LogP contribution in [0.2, 0.25) is 0 Å². The molecule has 0 radical (unpaired) electrons. The number of nitrogens with two attached hydrogens (primary N) is 1. The molecular weight excluding hydrogens is 282 g/mol. The summed E-state index contributed by atoms with van der Waals surface area (Å²) in [5.41, 5.74) is 5.17. The molecule has 0 heterocycles. The molecule has 0 spiro atoms. The molecule has 4 N–H and O–H groups in total. The van der Waals surface area contributed by atoms with E-state index < -0.39 is 23.2 Å². The van der Waals surface area contributed by atoms with Crippen LogP contribution in [-0.4, -0.2) is 18.2 Å². The molecular formula is C14H12F2N2O3. The lowest BCUT2D eigenvalue weighted by Gasteiger charge is -2.12. The van der Waals surface area contributed by atoms with Crippen LogP contribution in [0.1, 0.15) is 10.4 Å². The minimum Gasteiger partial charge on any atom is -0.497 e. The third-order valence-electron chi connectivity index (χ3n) is 2.81. The molecule has 0 amide bonds. The van der Waals surface area contributed by atoms with Gasteiger partial charge in [-0.2, -0.15) is 0 Å². The molecule has 0 fully saturated rings. The van der Waals surface area contributed by atoms with Crippen LogP contribution in [0, 0.1) is 11.6 Å². The van der Waals surface area contributed by atoms with Crippen molar-refractivity contribution in [2.45, 2.75) is 0 Å². The fraction of sp³-hybridized carbons (Fsp3) is 0.0714. The van der Waals surface area contributed by atoms with Gasteiger partial charge in [-0.1, -0.05) is 0 Å². The minimum atomic E-state index is -1.43. The number of aromatic carboxylic acids is 1. The van der Waals surface area contributed by atoms with Crippen molar-refractivity contribution in [1.82, 2.24) is 0 Å². The summed E-state index contributed by atoms with van der Waals surface area (Å²) in [5.74, 6) is -2.58. The van der Waals surface area contributed by atoms with Gasteiger partial charge in [0.15, 0.2) is 0 Å². The first-order valence-electron chi connectivity index (χ1n) is 5.85. The molecule has 0 aliphatic carbocycles. The first-order chi connectivity index (χ1) is 9.92. The molecule has 0 saturated carbocycles. The predicted molar refractivity (Wildman–Crippen MR) is 74.0 cm³/mol. The fourth-order valence-corrected chi connectivity index (χ4v) is 1.73. The quantitative estimate of drug-likeness (QED) is 0.755. The van der Waals surface area contributed by atoms with E-state index in [0.717, 1.165) is 12.1 Å². The summed E-state index contributed by atoms with van der Waals surface area (Å²) in [6, 6.07) is 5.85. The number of benzene rings is 2. The zero-order valence-electron chi connectivity index (χ0n) is 11.0. The first-order valence-corrected chi connectivity index (χ1v) is 5.85. The number of carboxylic acid groups (broad SMARTS) is 1. The lowest BCUT2D eigenvalue weighted by molar-refractivity contribution is 0.0692. The Hall–Kier alpha value is -2.83. The summed E-state index contributed by atoms with van der Waals surface area (Å²) in [4.78, 5) is 10.8. The molecule has 5 nitrogen and oxygen atoms in total. The van der Waals surface area contributed by atoms with Gasteiger partial charge in [-0.25, -0.2) is 13.6 Å². The summed E-state index contributed by atoms with van der Waals surface area (Å²) in [7, 11) is 1.42. The van der Waals surface area contributed by atoms with Crippen LogP contribution in [0.3, 0.4) is 0 Å². The highest BCUT2D eigenvalue weighted by molar-refractivity contribution is 5.91. The topological polar surface area (TPSA) is 84.6 Å². The van der Waals surface area contributed by atoms with Crippen LogP contribution in [0.15, 0.2) is 30.3 Å². The van der Waals surface area contributed by atoms with Gasteiger partial charge in [0, 0.05) is 12.1 Å². The molecule has 2 aromatic rings. The Bertz CT molecular complexity index is 705. The number of ether oxygens (including phenoxy) is 1. The van der Waals surface area contributed by atoms with Crippen molar-refractivity contribution in [2.24, 2.45) is 0 Å². The Kier molecular flexibility index (Phi) is 3.93. The number of anilines is 3. The number of halogens is 2. The highest BCUT2D eigenvalue weighted by Crippen LogP contribution is 2.29. The Morgan fingerprint density at radius 1 is 1.19 bits per heavy atom. The Labute approximate surface area is 119 Å². The molecule has 2 aromatic carbocycles. The number of methoxy groups -OCH3 is 1. The third-order valence-corrected chi connectivity index (χ3v) is 2.81. The normalized spacial score (nSPS) is 10.2. The van der Waals surface area contributed by atoms with Crippen molar-refractivity contribution >= 4 is 23.0 Å². The van der Waals surface area contributed by atoms with Gasteiger partial charge in [-0.3, -0.25) is 0 Å².